The Balaban J connectivity index is 3.48. The van der Waals surface area contributed by atoms with Crippen LogP contribution in [0.4, 0.5) is 4.79 Å². The van der Waals surface area contributed by atoms with E-state index in [1.165, 1.54) is 0 Å². The zero-order valence-corrected chi connectivity index (χ0v) is 25.3. The van der Waals surface area contributed by atoms with Gasteiger partial charge in [0.2, 0.25) is 11.8 Å². The lowest BCUT2D eigenvalue weighted by atomic mass is 9.95. The van der Waals surface area contributed by atoms with Crippen molar-refractivity contribution in [2.24, 2.45) is 5.92 Å². The molecule has 9 heteroatoms. The number of carbonyl (C=O) groups excluding carboxylic acids is 4. The minimum absolute atomic E-state index is 0.0260. The summed E-state index contributed by atoms with van der Waals surface area (Å²) in [5.41, 5.74) is 1.79. The number of benzene rings is 1. The van der Waals surface area contributed by atoms with Gasteiger partial charge >= 0.3 is 12.1 Å². The van der Waals surface area contributed by atoms with E-state index in [-0.39, 0.29) is 31.4 Å². The van der Waals surface area contributed by atoms with Crippen LogP contribution in [0.2, 0.25) is 0 Å². The molecule has 0 aliphatic carbocycles. The Morgan fingerprint density at radius 3 is 2.28 bits per heavy atom. The molecular formula is C30H49N3O6. The Morgan fingerprint density at radius 1 is 1.05 bits per heavy atom. The number of ether oxygens (including phenoxy) is 2. The van der Waals surface area contributed by atoms with Gasteiger partial charge in [0, 0.05) is 13.1 Å². The SMILES string of the molecule is CCCCN(C(=O)C(CC(C)C)NC(=O)OC(C)(C)C)C(C(=O)NCCC(=O)OCC)c1cc(C)ccc1C. The van der Waals surface area contributed by atoms with Crippen LogP contribution >= 0.6 is 0 Å². The zero-order chi connectivity index (χ0) is 29.8. The van der Waals surface area contributed by atoms with Crippen molar-refractivity contribution in [3.8, 4) is 0 Å². The van der Waals surface area contributed by atoms with Gasteiger partial charge in [0.05, 0.1) is 13.0 Å². The largest absolute Gasteiger partial charge is 0.466 e. The quantitative estimate of drug-likeness (QED) is 0.318. The van der Waals surface area contributed by atoms with Gasteiger partial charge in [-0.2, -0.15) is 0 Å². The Morgan fingerprint density at radius 2 is 1.72 bits per heavy atom. The average Bonchev–Trinajstić information content (AvgIpc) is 2.81. The molecule has 2 N–H and O–H groups in total. The lowest BCUT2D eigenvalue weighted by molar-refractivity contribution is -0.144. The van der Waals surface area contributed by atoms with Crippen LogP contribution in [0.1, 0.15) is 96.9 Å². The standard InChI is InChI=1S/C30H49N3O6/c1-10-12-17-33(28(36)24(18-20(3)4)32-29(37)39-30(7,8)9)26(23-19-21(5)13-14-22(23)6)27(35)31-16-15-25(34)38-11-2/h13-14,19-20,24,26H,10-12,15-18H2,1-9H3,(H,31,35)(H,32,37). The number of unbranched alkanes of at least 4 members (excludes halogenated alkanes) is 1. The molecule has 2 unspecified atom stereocenters. The number of aryl methyl sites for hydroxylation is 2. The Labute approximate surface area is 234 Å². The molecular weight excluding hydrogens is 498 g/mol. The summed E-state index contributed by atoms with van der Waals surface area (Å²) in [6.07, 6.45) is 1.20. The van der Waals surface area contributed by atoms with E-state index in [0.29, 0.717) is 24.9 Å². The van der Waals surface area contributed by atoms with E-state index in [4.69, 9.17) is 9.47 Å². The second kappa shape index (κ2) is 16.1. The van der Waals surface area contributed by atoms with Crippen LogP contribution in [0.15, 0.2) is 18.2 Å². The lowest BCUT2D eigenvalue weighted by Crippen LogP contribution is -2.53. The highest BCUT2D eigenvalue weighted by Crippen LogP contribution is 2.28. The smallest absolute Gasteiger partial charge is 0.408 e. The van der Waals surface area contributed by atoms with Crippen LogP contribution in [0, 0.1) is 19.8 Å². The third-order valence-electron chi connectivity index (χ3n) is 5.95. The summed E-state index contributed by atoms with van der Waals surface area (Å²) in [6.45, 7) is 17.5. The minimum Gasteiger partial charge on any atom is -0.466 e. The highest BCUT2D eigenvalue weighted by atomic mass is 16.6. The molecule has 220 valence electrons. The van der Waals surface area contributed by atoms with E-state index in [1.54, 1.807) is 32.6 Å². The molecule has 0 aliphatic rings. The number of nitrogens with zero attached hydrogens (tertiary/aromatic N) is 1. The van der Waals surface area contributed by atoms with Crippen LogP contribution in [-0.4, -0.2) is 60.1 Å². The molecule has 0 aliphatic heterocycles. The first kappa shape index (κ1) is 33.9. The van der Waals surface area contributed by atoms with E-state index in [0.717, 1.165) is 17.5 Å². The third-order valence-corrected chi connectivity index (χ3v) is 5.95. The van der Waals surface area contributed by atoms with Crippen LogP contribution in [0.3, 0.4) is 0 Å². The van der Waals surface area contributed by atoms with Gasteiger partial charge in [-0.3, -0.25) is 14.4 Å². The zero-order valence-electron chi connectivity index (χ0n) is 25.3. The molecule has 1 aromatic rings. The number of hydrogen-bond donors (Lipinski definition) is 2. The summed E-state index contributed by atoms with van der Waals surface area (Å²) in [5, 5.41) is 5.59. The molecule has 0 saturated carbocycles. The fourth-order valence-corrected chi connectivity index (χ4v) is 4.16. The summed E-state index contributed by atoms with van der Waals surface area (Å²) in [7, 11) is 0. The molecule has 0 aromatic heterocycles. The fourth-order valence-electron chi connectivity index (χ4n) is 4.16. The van der Waals surface area contributed by atoms with Crippen molar-refractivity contribution in [1.29, 1.82) is 0 Å². The highest BCUT2D eigenvalue weighted by Gasteiger charge is 2.37. The molecule has 0 bridgehead atoms. The van der Waals surface area contributed by atoms with Crippen LogP contribution < -0.4 is 10.6 Å². The molecule has 39 heavy (non-hydrogen) atoms. The monoisotopic (exact) mass is 547 g/mol. The van der Waals surface area contributed by atoms with Crippen molar-refractivity contribution in [1.82, 2.24) is 15.5 Å². The van der Waals surface area contributed by atoms with Crippen LogP contribution in [0.5, 0.6) is 0 Å². The summed E-state index contributed by atoms with van der Waals surface area (Å²) < 4.78 is 10.4. The van der Waals surface area contributed by atoms with Crippen molar-refractivity contribution < 1.29 is 28.7 Å². The van der Waals surface area contributed by atoms with Crippen molar-refractivity contribution in [3.05, 3.63) is 34.9 Å². The predicted molar refractivity (Wildman–Crippen MR) is 152 cm³/mol. The van der Waals surface area contributed by atoms with E-state index in [9.17, 15) is 19.2 Å². The van der Waals surface area contributed by atoms with Gasteiger partial charge in [-0.25, -0.2) is 4.79 Å². The number of nitrogens with one attached hydrogen (secondary N) is 2. The van der Waals surface area contributed by atoms with E-state index >= 15 is 0 Å². The number of amides is 3. The fraction of sp³-hybridized carbons (Fsp3) is 0.667. The molecule has 0 spiro atoms. The highest BCUT2D eigenvalue weighted by molar-refractivity contribution is 5.92. The third kappa shape index (κ3) is 12.1. The molecule has 3 amide bonds. The number of carbonyl (C=O) groups is 4. The number of hydrogen-bond acceptors (Lipinski definition) is 6. The van der Waals surface area contributed by atoms with Gasteiger partial charge < -0.3 is 25.0 Å². The van der Waals surface area contributed by atoms with E-state index in [1.807, 2.05) is 52.8 Å². The van der Waals surface area contributed by atoms with Crippen LogP contribution in [0.25, 0.3) is 0 Å². The molecule has 0 saturated heterocycles. The first-order chi connectivity index (χ1) is 18.2. The van der Waals surface area contributed by atoms with Gasteiger partial charge in [-0.05, 0) is 71.4 Å². The van der Waals surface area contributed by atoms with Crippen molar-refractivity contribution in [3.63, 3.8) is 0 Å². The molecule has 9 nitrogen and oxygen atoms in total. The minimum atomic E-state index is -0.943. The summed E-state index contributed by atoms with van der Waals surface area (Å²) >= 11 is 0. The molecule has 0 radical (unpaired) electrons. The Kier molecular flexibility index (Phi) is 14.0. The number of esters is 1. The Bertz CT molecular complexity index is 970. The molecule has 2 atom stereocenters. The van der Waals surface area contributed by atoms with Gasteiger partial charge in [-0.1, -0.05) is 51.0 Å². The van der Waals surface area contributed by atoms with Crippen molar-refractivity contribution in [2.75, 3.05) is 19.7 Å². The number of rotatable bonds is 14. The molecule has 0 fully saturated rings. The number of alkyl carbamates (subject to hydrolysis) is 1. The van der Waals surface area contributed by atoms with Crippen molar-refractivity contribution in [2.45, 2.75) is 106 Å². The topological polar surface area (TPSA) is 114 Å². The van der Waals surface area contributed by atoms with Crippen LogP contribution in [-0.2, 0) is 23.9 Å². The molecule has 1 rings (SSSR count). The molecule has 0 heterocycles. The van der Waals surface area contributed by atoms with Gasteiger partial charge in [0.1, 0.15) is 17.7 Å². The predicted octanol–water partition coefficient (Wildman–Crippen LogP) is 4.98. The summed E-state index contributed by atoms with van der Waals surface area (Å²) in [5.74, 6) is -1.05. The van der Waals surface area contributed by atoms with Gasteiger partial charge in [0.15, 0.2) is 0 Å². The second-order valence-corrected chi connectivity index (χ2v) is 11.3. The van der Waals surface area contributed by atoms with Gasteiger partial charge in [0.25, 0.3) is 0 Å². The maximum absolute atomic E-state index is 14.2. The summed E-state index contributed by atoms with van der Waals surface area (Å²) in [6, 6.07) is 3.98. The van der Waals surface area contributed by atoms with E-state index < -0.39 is 35.7 Å². The maximum Gasteiger partial charge on any atom is 0.408 e. The first-order valence-electron chi connectivity index (χ1n) is 14.0. The first-order valence-corrected chi connectivity index (χ1v) is 14.0. The summed E-state index contributed by atoms with van der Waals surface area (Å²) in [4.78, 5) is 54.0. The lowest BCUT2D eigenvalue weighted by Gasteiger charge is -2.35. The molecule has 1 aromatic carbocycles. The van der Waals surface area contributed by atoms with E-state index in [2.05, 4.69) is 10.6 Å². The average molecular weight is 548 g/mol. The maximum atomic E-state index is 14.2. The van der Waals surface area contributed by atoms with Crippen molar-refractivity contribution >= 4 is 23.9 Å². The normalized spacial score (nSPS) is 12.9. The second-order valence-electron chi connectivity index (χ2n) is 11.3. The Hall–Kier alpha value is -3.10. The van der Waals surface area contributed by atoms with Gasteiger partial charge in [-0.15, -0.1) is 0 Å².